The van der Waals surface area contributed by atoms with Crippen LogP contribution in [0, 0.1) is 23.2 Å². The molecule has 5 rings (SSSR count). The second kappa shape index (κ2) is 6.68. The maximum Gasteiger partial charge on any atom is 0.315 e. The van der Waals surface area contributed by atoms with Crippen LogP contribution in [-0.2, 0) is 14.3 Å². The number of rotatable bonds is 4. The van der Waals surface area contributed by atoms with Crippen LogP contribution in [0.5, 0.6) is 0 Å². The average Bonchev–Trinajstić information content (AvgIpc) is 3.34. The van der Waals surface area contributed by atoms with Gasteiger partial charge in [0.2, 0.25) is 0 Å². The number of esters is 1. The first-order valence-electron chi connectivity index (χ1n) is 11.2. The van der Waals surface area contributed by atoms with Crippen molar-refractivity contribution in [1.29, 1.82) is 0 Å². The molecule has 0 amide bonds. The third kappa shape index (κ3) is 3.13. The average molecular weight is 381 g/mol. The Balaban J connectivity index is 1.26. The molecule has 3 heterocycles. The van der Waals surface area contributed by atoms with E-state index in [0.29, 0.717) is 11.8 Å². The number of aliphatic hydroxyl groups is 1. The van der Waals surface area contributed by atoms with E-state index in [1.807, 2.05) is 0 Å². The summed E-state index contributed by atoms with van der Waals surface area (Å²) >= 11 is 0. The van der Waals surface area contributed by atoms with Crippen LogP contribution in [0.2, 0.25) is 0 Å². The van der Waals surface area contributed by atoms with Crippen molar-refractivity contribution in [1.82, 2.24) is 0 Å². The van der Waals surface area contributed by atoms with Gasteiger partial charge in [-0.3, -0.25) is 4.79 Å². The number of aliphatic hydroxyl groups excluding tert-OH is 1. The van der Waals surface area contributed by atoms with Crippen molar-refractivity contribution in [3.05, 3.63) is 0 Å². The fourth-order valence-electron chi connectivity index (χ4n) is 7.07. The zero-order valence-electron chi connectivity index (χ0n) is 16.7. The standard InChI is InChI=1S/C21H34N2O4/c1-20-3-2-4-21(14-26-21)18(20)11-15-16(19(25)27-17(15)12-20)13-23-7-5-22(6-8-23)9-10-24/h15-18,24H,2-14H2,1H3/p+2/t15-,16-,17-,18+,20-,21+/m1/s1. The number of fused-ring (bicyclic) bond motifs is 3. The van der Waals surface area contributed by atoms with Crippen LogP contribution >= 0.6 is 0 Å². The Kier molecular flexibility index (Phi) is 4.54. The van der Waals surface area contributed by atoms with Gasteiger partial charge in [0.15, 0.2) is 0 Å². The van der Waals surface area contributed by atoms with Crippen LogP contribution in [-0.4, -0.2) is 75.3 Å². The van der Waals surface area contributed by atoms with E-state index in [-0.39, 0.29) is 35.6 Å². The minimum atomic E-state index is 0.0654. The highest BCUT2D eigenvalue weighted by atomic mass is 16.6. The Labute approximate surface area is 162 Å². The van der Waals surface area contributed by atoms with Crippen molar-refractivity contribution < 1.29 is 29.2 Å². The second-order valence-electron chi connectivity index (χ2n) is 10.3. The third-order valence-corrected chi connectivity index (χ3v) is 8.72. The zero-order chi connectivity index (χ0) is 18.6. The molecule has 3 aliphatic heterocycles. The quantitative estimate of drug-likeness (QED) is 0.401. The summed E-state index contributed by atoms with van der Waals surface area (Å²) < 4.78 is 12.0. The van der Waals surface area contributed by atoms with Gasteiger partial charge in [-0.05, 0) is 43.4 Å². The van der Waals surface area contributed by atoms with E-state index in [4.69, 9.17) is 14.6 Å². The Morgan fingerprint density at radius 1 is 1.19 bits per heavy atom. The Hall–Kier alpha value is -0.690. The molecule has 0 radical (unpaired) electrons. The van der Waals surface area contributed by atoms with Crippen LogP contribution < -0.4 is 9.80 Å². The van der Waals surface area contributed by atoms with Crippen molar-refractivity contribution >= 4 is 5.97 Å². The molecule has 152 valence electrons. The molecule has 2 saturated carbocycles. The molecule has 0 unspecified atom stereocenters. The van der Waals surface area contributed by atoms with E-state index in [9.17, 15) is 4.79 Å². The summed E-state index contributed by atoms with van der Waals surface area (Å²) in [5, 5.41) is 9.14. The summed E-state index contributed by atoms with van der Waals surface area (Å²) in [6.07, 6.45) is 6.02. The number of quaternary nitrogens is 2. The van der Waals surface area contributed by atoms with E-state index < -0.39 is 0 Å². The SMILES string of the molecule is C[C@]12CCC[C@]3(CO3)[C@H]1C[C@H]1[C@@H](C2)OC(=O)[C@@H]1C[NH+]1CC[NH+](CCO)CC1. The lowest BCUT2D eigenvalue weighted by atomic mass is 9.53. The number of carbonyl (C=O) groups is 1. The Morgan fingerprint density at radius 2 is 1.93 bits per heavy atom. The van der Waals surface area contributed by atoms with Crippen LogP contribution in [0.15, 0.2) is 0 Å². The molecule has 6 nitrogen and oxygen atoms in total. The zero-order valence-corrected chi connectivity index (χ0v) is 16.7. The molecular weight excluding hydrogens is 344 g/mol. The fraction of sp³-hybridized carbons (Fsp3) is 0.952. The summed E-state index contributed by atoms with van der Waals surface area (Å²) in [4.78, 5) is 15.8. The monoisotopic (exact) mass is 380 g/mol. The molecule has 2 aliphatic carbocycles. The number of epoxide rings is 1. The van der Waals surface area contributed by atoms with E-state index in [1.165, 1.54) is 24.2 Å². The molecule has 6 atom stereocenters. The highest BCUT2D eigenvalue weighted by Crippen LogP contribution is 2.62. The van der Waals surface area contributed by atoms with Gasteiger partial charge in [-0.2, -0.15) is 0 Å². The van der Waals surface area contributed by atoms with Crippen LogP contribution in [0.3, 0.4) is 0 Å². The van der Waals surface area contributed by atoms with Gasteiger partial charge in [0, 0.05) is 5.92 Å². The minimum Gasteiger partial charge on any atom is -0.462 e. The Morgan fingerprint density at radius 3 is 2.63 bits per heavy atom. The first-order valence-corrected chi connectivity index (χ1v) is 11.2. The fourth-order valence-corrected chi connectivity index (χ4v) is 7.07. The maximum absolute atomic E-state index is 12.8. The summed E-state index contributed by atoms with van der Waals surface area (Å²) in [5.74, 6) is 1.14. The molecule has 27 heavy (non-hydrogen) atoms. The van der Waals surface area contributed by atoms with Crippen molar-refractivity contribution in [2.24, 2.45) is 23.2 Å². The molecule has 6 heteroatoms. The van der Waals surface area contributed by atoms with E-state index in [0.717, 1.165) is 58.7 Å². The minimum absolute atomic E-state index is 0.0654. The first kappa shape index (κ1) is 18.3. The lowest BCUT2D eigenvalue weighted by Gasteiger charge is -2.51. The van der Waals surface area contributed by atoms with E-state index in [2.05, 4.69) is 6.92 Å². The number of hydrogen-bond acceptors (Lipinski definition) is 4. The van der Waals surface area contributed by atoms with Gasteiger partial charge in [0.1, 0.15) is 44.7 Å². The second-order valence-corrected chi connectivity index (χ2v) is 10.3. The highest BCUT2D eigenvalue weighted by Gasteiger charge is 2.65. The normalized spacial score (nSPS) is 51.6. The van der Waals surface area contributed by atoms with Crippen molar-refractivity contribution in [3.63, 3.8) is 0 Å². The third-order valence-electron chi connectivity index (χ3n) is 8.72. The van der Waals surface area contributed by atoms with Crippen molar-refractivity contribution in [2.45, 2.75) is 50.7 Å². The molecule has 5 aliphatic rings. The number of carbonyl (C=O) groups excluding carboxylic acids is 1. The van der Waals surface area contributed by atoms with Gasteiger partial charge in [-0.25, -0.2) is 0 Å². The summed E-state index contributed by atoms with van der Waals surface area (Å²) in [5.41, 5.74) is 0.428. The molecule has 0 aromatic heterocycles. The molecule has 1 spiro atoms. The van der Waals surface area contributed by atoms with E-state index in [1.54, 1.807) is 4.90 Å². The van der Waals surface area contributed by atoms with Gasteiger partial charge in [-0.1, -0.05) is 6.92 Å². The molecule has 5 fully saturated rings. The number of hydrogen-bond donors (Lipinski definition) is 3. The predicted molar refractivity (Wildman–Crippen MR) is 98.4 cm³/mol. The lowest BCUT2D eigenvalue weighted by Crippen LogP contribution is -3.28. The molecule has 0 bridgehead atoms. The molecule has 3 saturated heterocycles. The predicted octanol–water partition coefficient (Wildman–Crippen LogP) is -1.71. The van der Waals surface area contributed by atoms with Gasteiger partial charge >= 0.3 is 5.97 Å². The number of piperazine rings is 1. The largest absolute Gasteiger partial charge is 0.462 e. The van der Waals surface area contributed by atoms with Crippen LogP contribution in [0.1, 0.15) is 39.0 Å². The number of nitrogens with one attached hydrogen (secondary N) is 2. The lowest BCUT2D eigenvalue weighted by molar-refractivity contribution is -1.01. The molecule has 3 N–H and O–H groups in total. The molecule has 0 aromatic rings. The Bertz CT molecular complexity index is 587. The van der Waals surface area contributed by atoms with Gasteiger partial charge < -0.3 is 24.4 Å². The van der Waals surface area contributed by atoms with E-state index >= 15 is 0 Å². The summed E-state index contributed by atoms with van der Waals surface area (Å²) in [6, 6.07) is 0. The first-order chi connectivity index (χ1) is 13.0. The maximum atomic E-state index is 12.8. The van der Waals surface area contributed by atoms with Crippen LogP contribution in [0.25, 0.3) is 0 Å². The molecule has 0 aromatic carbocycles. The number of ether oxygens (including phenoxy) is 2. The topological polar surface area (TPSA) is 67.9 Å². The molecular formula is C21H36N2O4+2. The summed E-state index contributed by atoms with van der Waals surface area (Å²) in [6.45, 7) is 9.82. The van der Waals surface area contributed by atoms with Crippen LogP contribution in [0.4, 0.5) is 0 Å². The van der Waals surface area contributed by atoms with Crippen molar-refractivity contribution in [3.8, 4) is 0 Å². The van der Waals surface area contributed by atoms with Crippen molar-refractivity contribution in [2.75, 3.05) is 52.5 Å². The van der Waals surface area contributed by atoms with Gasteiger partial charge in [-0.15, -0.1) is 0 Å². The highest BCUT2D eigenvalue weighted by molar-refractivity contribution is 5.75. The van der Waals surface area contributed by atoms with Gasteiger partial charge in [0.25, 0.3) is 0 Å². The smallest absolute Gasteiger partial charge is 0.315 e. The summed E-state index contributed by atoms with van der Waals surface area (Å²) in [7, 11) is 0. The van der Waals surface area contributed by atoms with Gasteiger partial charge in [0.05, 0.1) is 25.4 Å².